The predicted molar refractivity (Wildman–Crippen MR) is 68.5 cm³/mol. The molecule has 0 aromatic rings. The van der Waals surface area contributed by atoms with Crippen LogP contribution in [-0.2, 0) is 4.79 Å². The van der Waals surface area contributed by atoms with Gasteiger partial charge in [0.25, 0.3) is 0 Å². The van der Waals surface area contributed by atoms with E-state index in [2.05, 4.69) is 43.5 Å². The largest absolute Gasteiger partial charge is 0.356 e. The van der Waals surface area contributed by atoms with E-state index in [4.69, 9.17) is 0 Å². The van der Waals surface area contributed by atoms with Gasteiger partial charge in [-0.2, -0.15) is 0 Å². The van der Waals surface area contributed by atoms with Crippen molar-refractivity contribution in [3.63, 3.8) is 0 Å². The molecule has 0 aromatic heterocycles. The molecule has 0 saturated heterocycles. The molecule has 0 bridgehead atoms. The molecular weight excluding hydrogens is 202 g/mol. The molecular formula is C12H27N3O. The monoisotopic (exact) mass is 229 g/mol. The molecule has 0 heterocycles. The SMILES string of the molecule is CCNC(=O)CCNC(CN(C)C)C(C)C. The molecule has 0 aliphatic carbocycles. The maximum atomic E-state index is 11.3. The lowest BCUT2D eigenvalue weighted by atomic mass is 10.0. The summed E-state index contributed by atoms with van der Waals surface area (Å²) < 4.78 is 0. The molecule has 4 nitrogen and oxygen atoms in total. The summed E-state index contributed by atoms with van der Waals surface area (Å²) in [5, 5.41) is 6.24. The summed E-state index contributed by atoms with van der Waals surface area (Å²) in [6, 6.07) is 0.449. The lowest BCUT2D eigenvalue weighted by Gasteiger charge is -2.25. The van der Waals surface area contributed by atoms with Crippen LogP contribution in [0.3, 0.4) is 0 Å². The molecule has 0 aromatic carbocycles. The molecule has 0 aliphatic rings. The maximum Gasteiger partial charge on any atom is 0.221 e. The lowest BCUT2D eigenvalue weighted by molar-refractivity contribution is -0.120. The number of carbonyl (C=O) groups is 1. The van der Waals surface area contributed by atoms with Crippen molar-refractivity contribution in [2.75, 3.05) is 33.7 Å². The van der Waals surface area contributed by atoms with Crippen molar-refractivity contribution in [1.29, 1.82) is 0 Å². The molecule has 0 rings (SSSR count). The first-order chi connectivity index (χ1) is 7.47. The van der Waals surface area contributed by atoms with Gasteiger partial charge < -0.3 is 15.5 Å². The van der Waals surface area contributed by atoms with Crippen molar-refractivity contribution in [2.24, 2.45) is 5.92 Å². The van der Waals surface area contributed by atoms with E-state index in [0.29, 0.717) is 24.9 Å². The van der Waals surface area contributed by atoms with Crippen LogP contribution in [0.25, 0.3) is 0 Å². The first-order valence-corrected chi connectivity index (χ1v) is 6.12. The maximum absolute atomic E-state index is 11.3. The Bertz CT molecular complexity index is 193. The molecule has 0 saturated carbocycles. The second kappa shape index (κ2) is 8.53. The van der Waals surface area contributed by atoms with Crippen LogP contribution in [0.15, 0.2) is 0 Å². The number of nitrogens with zero attached hydrogens (tertiary/aromatic N) is 1. The number of amides is 1. The molecule has 1 atom stereocenters. The highest BCUT2D eigenvalue weighted by molar-refractivity contribution is 5.75. The molecule has 0 radical (unpaired) electrons. The van der Waals surface area contributed by atoms with Gasteiger partial charge in [0.1, 0.15) is 0 Å². The number of hydrogen-bond acceptors (Lipinski definition) is 3. The molecule has 1 unspecified atom stereocenters. The summed E-state index contributed by atoms with van der Waals surface area (Å²) >= 11 is 0. The molecule has 96 valence electrons. The highest BCUT2D eigenvalue weighted by atomic mass is 16.1. The summed E-state index contributed by atoms with van der Waals surface area (Å²) in [6.45, 7) is 8.81. The van der Waals surface area contributed by atoms with E-state index in [1.807, 2.05) is 6.92 Å². The Kier molecular flexibility index (Phi) is 8.21. The quantitative estimate of drug-likeness (QED) is 0.643. The summed E-state index contributed by atoms with van der Waals surface area (Å²) in [5.74, 6) is 0.707. The first-order valence-electron chi connectivity index (χ1n) is 6.12. The third-order valence-corrected chi connectivity index (χ3v) is 2.50. The molecule has 16 heavy (non-hydrogen) atoms. The van der Waals surface area contributed by atoms with Gasteiger partial charge in [-0.25, -0.2) is 0 Å². The van der Waals surface area contributed by atoms with Gasteiger partial charge in [0.05, 0.1) is 0 Å². The van der Waals surface area contributed by atoms with Crippen molar-refractivity contribution in [3.05, 3.63) is 0 Å². The van der Waals surface area contributed by atoms with Crippen LogP contribution in [0.5, 0.6) is 0 Å². The molecule has 0 spiro atoms. The Morgan fingerprint density at radius 2 is 1.94 bits per heavy atom. The number of likely N-dealkylation sites (N-methyl/N-ethyl adjacent to an activating group) is 1. The van der Waals surface area contributed by atoms with E-state index in [-0.39, 0.29) is 5.91 Å². The fraction of sp³-hybridized carbons (Fsp3) is 0.917. The van der Waals surface area contributed by atoms with Gasteiger partial charge in [0.2, 0.25) is 5.91 Å². The number of nitrogens with one attached hydrogen (secondary N) is 2. The predicted octanol–water partition coefficient (Wildman–Crippen LogP) is 0.688. The number of carbonyl (C=O) groups excluding carboxylic acids is 1. The van der Waals surface area contributed by atoms with E-state index < -0.39 is 0 Å². The van der Waals surface area contributed by atoms with Gasteiger partial charge in [0.15, 0.2) is 0 Å². The van der Waals surface area contributed by atoms with Crippen LogP contribution in [0.4, 0.5) is 0 Å². The van der Waals surface area contributed by atoms with Crippen LogP contribution >= 0.6 is 0 Å². The minimum Gasteiger partial charge on any atom is -0.356 e. The normalized spacial score (nSPS) is 13.2. The van der Waals surface area contributed by atoms with E-state index in [9.17, 15) is 4.79 Å². The summed E-state index contributed by atoms with van der Waals surface area (Å²) in [4.78, 5) is 13.4. The lowest BCUT2D eigenvalue weighted by Crippen LogP contribution is -2.43. The van der Waals surface area contributed by atoms with Gasteiger partial charge in [-0.05, 0) is 26.9 Å². The molecule has 4 heteroatoms. The standard InChI is InChI=1S/C12H27N3O/c1-6-13-12(16)7-8-14-11(10(2)3)9-15(4)5/h10-11,14H,6-9H2,1-5H3,(H,13,16). The molecule has 0 aliphatic heterocycles. The van der Waals surface area contributed by atoms with Crippen molar-refractivity contribution >= 4 is 5.91 Å². The van der Waals surface area contributed by atoms with Gasteiger partial charge in [0, 0.05) is 32.1 Å². The second-order valence-electron chi connectivity index (χ2n) is 4.77. The minimum atomic E-state index is 0.127. The van der Waals surface area contributed by atoms with Crippen LogP contribution in [0.1, 0.15) is 27.2 Å². The van der Waals surface area contributed by atoms with Crippen LogP contribution in [-0.4, -0.2) is 50.6 Å². The Labute approximate surface area is 99.8 Å². The Balaban J connectivity index is 3.80. The number of rotatable bonds is 8. The zero-order valence-electron chi connectivity index (χ0n) is 11.3. The van der Waals surface area contributed by atoms with Crippen molar-refractivity contribution in [2.45, 2.75) is 33.2 Å². The van der Waals surface area contributed by atoms with Crippen molar-refractivity contribution < 1.29 is 4.79 Å². The van der Waals surface area contributed by atoms with Crippen LogP contribution < -0.4 is 10.6 Å². The Morgan fingerprint density at radius 3 is 2.38 bits per heavy atom. The third kappa shape index (κ3) is 7.65. The van der Waals surface area contributed by atoms with Gasteiger partial charge in [-0.1, -0.05) is 13.8 Å². The second-order valence-corrected chi connectivity index (χ2v) is 4.77. The minimum absolute atomic E-state index is 0.127. The van der Waals surface area contributed by atoms with E-state index in [1.165, 1.54) is 0 Å². The Hall–Kier alpha value is -0.610. The topological polar surface area (TPSA) is 44.4 Å². The highest BCUT2D eigenvalue weighted by Crippen LogP contribution is 2.02. The molecule has 2 N–H and O–H groups in total. The van der Waals surface area contributed by atoms with Crippen LogP contribution in [0.2, 0.25) is 0 Å². The fourth-order valence-electron chi connectivity index (χ4n) is 1.56. The van der Waals surface area contributed by atoms with Crippen LogP contribution in [0, 0.1) is 5.92 Å². The van der Waals surface area contributed by atoms with Gasteiger partial charge in [-0.3, -0.25) is 4.79 Å². The molecule has 0 fully saturated rings. The fourth-order valence-corrected chi connectivity index (χ4v) is 1.56. The highest BCUT2D eigenvalue weighted by Gasteiger charge is 2.13. The summed E-state index contributed by atoms with van der Waals surface area (Å²) in [5.41, 5.74) is 0. The third-order valence-electron chi connectivity index (χ3n) is 2.50. The van der Waals surface area contributed by atoms with Gasteiger partial charge >= 0.3 is 0 Å². The van der Waals surface area contributed by atoms with E-state index in [0.717, 1.165) is 13.1 Å². The van der Waals surface area contributed by atoms with Crippen molar-refractivity contribution in [1.82, 2.24) is 15.5 Å². The zero-order valence-corrected chi connectivity index (χ0v) is 11.3. The van der Waals surface area contributed by atoms with Gasteiger partial charge in [-0.15, -0.1) is 0 Å². The summed E-state index contributed by atoms with van der Waals surface area (Å²) in [6.07, 6.45) is 0.560. The average Bonchev–Trinajstić information content (AvgIpc) is 2.15. The zero-order chi connectivity index (χ0) is 12.6. The smallest absolute Gasteiger partial charge is 0.221 e. The average molecular weight is 229 g/mol. The van der Waals surface area contributed by atoms with E-state index in [1.54, 1.807) is 0 Å². The summed E-state index contributed by atoms with van der Waals surface area (Å²) in [7, 11) is 4.14. The first kappa shape index (κ1) is 15.4. The van der Waals surface area contributed by atoms with Crippen molar-refractivity contribution in [3.8, 4) is 0 Å². The Morgan fingerprint density at radius 1 is 1.31 bits per heavy atom. The number of hydrogen-bond donors (Lipinski definition) is 2. The van der Waals surface area contributed by atoms with E-state index >= 15 is 0 Å². The molecule has 1 amide bonds.